The zero-order chi connectivity index (χ0) is 15.3. The first-order chi connectivity index (χ1) is 10.0. The van der Waals surface area contributed by atoms with Crippen LogP contribution < -0.4 is 10.6 Å². The van der Waals surface area contributed by atoms with E-state index in [0.29, 0.717) is 16.9 Å². The lowest BCUT2D eigenvalue weighted by atomic mass is 9.78. The van der Waals surface area contributed by atoms with Gasteiger partial charge in [0.25, 0.3) is 5.91 Å². The molecule has 2 rings (SSSR count). The zero-order valence-electron chi connectivity index (χ0n) is 13.4. The number of pyridine rings is 1. The van der Waals surface area contributed by atoms with Gasteiger partial charge in [-0.25, -0.2) is 4.98 Å². The molecule has 0 saturated heterocycles. The van der Waals surface area contributed by atoms with Crippen LogP contribution in [0.1, 0.15) is 56.3 Å². The van der Waals surface area contributed by atoms with Gasteiger partial charge in [0, 0.05) is 25.4 Å². The summed E-state index contributed by atoms with van der Waals surface area (Å²) in [5, 5.41) is 6.11. The minimum atomic E-state index is 0.00364. The van der Waals surface area contributed by atoms with Crippen molar-refractivity contribution in [1.82, 2.24) is 10.3 Å². The Morgan fingerprint density at radius 2 is 2.10 bits per heavy atom. The summed E-state index contributed by atoms with van der Waals surface area (Å²) in [5.74, 6) is 1.40. The predicted octanol–water partition coefficient (Wildman–Crippen LogP) is 3.46. The monoisotopic (exact) mass is 289 g/mol. The fourth-order valence-electron chi connectivity index (χ4n) is 3.52. The largest absolute Gasteiger partial charge is 0.373 e. The molecule has 116 valence electrons. The minimum absolute atomic E-state index is 0.00364. The molecule has 1 amide bonds. The van der Waals surface area contributed by atoms with E-state index in [2.05, 4.69) is 29.5 Å². The second-order valence-corrected chi connectivity index (χ2v) is 6.67. The van der Waals surface area contributed by atoms with Crippen LogP contribution in [0.15, 0.2) is 18.3 Å². The highest BCUT2D eigenvalue weighted by Gasteiger charge is 2.34. The van der Waals surface area contributed by atoms with Crippen molar-refractivity contribution in [3.05, 3.63) is 23.9 Å². The van der Waals surface area contributed by atoms with E-state index in [1.165, 1.54) is 32.1 Å². The van der Waals surface area contributed by atoms with E-state index in [1.807, 2.05) is 0 Å². The Kier molecular flexibility index (Phi) is 5.21. The summed E-state index contributed by atoms with van der Waals surface area (Å²) in [7, 11) is 1.81. The molecule has 1 aliphatic rings. The molecule has 0 unspecified atom stereocenters. The van der Waals surface area contributed by atoms with E-state index < -0.39 is 0 Å². The van der Waals surface area contributed by atoms with Gasteiger partial charge in [0.2, 0.25) is 0 Å². The molecule has 0 spiro atoms. The van der Waals surface area contributed by atoms with Gasteiger partial charge in [0.1, 0.15) is 5.82 Å². The Hall–Kier alpha value is -1.58. The number of aromatic nitrogens is 1. The lowest BCUT2D eigenvalue weighted by molar-refractivity contribution is 0.0922. The first kappa shape index (κ1) is 15.8. The maximum Gasteiger partial charge on any atom is 0.251 e. The van der Waals surface area contributed by atoms with Gasteiger partial charge in [-0.15, -0.1) is 0 Å². The molecule has 1 fully saturated rings. The predicted molar refractivity (Wildman–Crippen MR) is 86.5 cm³/mol. The second kappa shape index (κ2) is 6.92. The fraction of sp³-hybridized carbons (Fsp3) is 0.647. The van der Waals surface area contributed by atoms with Gasteiger partial charge < -0.3 is 10.6 Å². The van der Waals surface area contributed by atoms with Crippen molar-refractivity contribution in [2.24, 2.45) is 11.3 Å². The average molecular weight is 289 g/mol. The van der Waals surface area contributed by atoms with E-state index in [-0.39, 0.29) is 5.91 Å². The third-order valence-electron chi connectivity index (χ3n) is 4.41. The topological polar surface area (TPSA) is 54.0 Å². The number of nitrogens with zero attached hydrogens (tertiary/aromatic N) is 1. The normalized spacial score (nSPS) is 17.0. The molecule has 1 aromatic heterocycles. The third kappa shape index (κ3) is 4.19. The van der Waals surface area contributed by atoms with Gasteiger partial charge in [0.05, 0.1) is 0 Å². The summed E-state index contributed by atoms with van der Waals surface area (Å²) in [5.41, 5.74) is 0.981. The molecular weight excluding hydrogens is 262 g/mol. The SMILES string of the molecule is CNc1cc(C(=O)NCC2(CC(C)C)CCCC2)ccn1. The first-order valence-corrected chi connectivity index (χ1v) is 7.97. The highest BCUT2D eigenvalue weighted by molar-refractivity contribution is 5.94. The van der Waals surface area contributed by atoms with Crippen LogP contribution in [-0.2, 0) is 0 Å². The maximum absolute atomic E-state index is 12.3. The standard InChI is InChI=1S/C17H27N3O/c1-13(2)11-17(7-4-5-8-17)12-20-16(21)14-6-9-19-15(10-14)18-3/h6,9-10,13H,4-5,7-8,11-12H2,1-3H3,(H,18,19)(H,20,21). The number of amides is 1. The summed E-state index contributed by atoms with van der Waals surface area (Å²) >= 11 is 0. The highest BCUT2D eigenvalue weighted by Crippen LogP contribution is 2.42. The fourth-order valence-corrected chi connectivity index (χ4v) is 3.52. The van der Waals surface area contributed by atoms with Crippen LogP contribution in [0.5, 0.6) is 0 Å². The van der Waals surface area contributed by atoms with Gasteiger partial charge in [-0.05, 0) is 42.7 Å². The molecule has 4 heteroatoms. The Morgan fingerprint density at radius 1 is 1.38 bits per heavy atom. The summed E-state index contributed by atoms with van der Waals surface area (Å²) in [6, 6.07) is 3.55. The van der Waals surface area contributed by atoms with Gasteiger partial charge >= 0.3 is 0 Å². The van der Waals surface area contributed by atoms with Crippen LogP contribution in [0.2, 0.25) is 0 Å². The number of hydrogen-bond donors (Lipinski definition) is 2. The van der Waals surface area contributed by atoms with E-state index in [0.717, 1.165) is 12.4 Å². The van der Waals surface area contributed by atoms with Gasteiger partial charge in [-0.2, -0.15) is 0 Å². The molecule has 2 N–H and O–H groups in total. The Balaban J connectivity index is 1.98. The van der Waals surface area contributed by atoms with Crippen molar-refractivity contribution in [3.63, 3.8) is 0 Å². The molecule has 0 bridgehead atoms. The lowest BCUT2D eigenvalue weighted by Crippen LogP contribution is -2.36. The number of carbonyl (C=O) groups excluding carboxylic acids is 1. The van der Waals surface area contributed by atoms with E-state index >= 15 is 0 Å². The number of carbonyl (C=O) groups is 1. The molecule has 0 aliphatic heterocycles. The van der Waals surface area contributed by atoms with Gasteiger partial charge in [-0.1, -0.05) is 26.7 Å². The number of nitrogens with one attached hydrogen (secondary N) is 2. The molecule has 0 aromatic carbocycles. The van der Waals surface area contributed by atoms with Crippen molar-refractivity contribution < 1.29 is 4.79 Å². The first-order valence-electron chi connectivity index (χ1n) is 7.97. The summed E-state index contributed by atoms with van der Waals surface area (Å²) in [6.07, 6.45) is 7.93. The maximum atomic E-state index is 12.3. The molecule has 1 heterocycles. The number of rotatable bonds is 6. The number of hydrogen-bond acceptors (Lipinski definition) is 3. The van der Waals surface area contributed by atoms with Crippen LogP contribution in [-0.4, -0.2) is 24.5 Å². The molecule has 1 saturated carbocycles. The minimum Gasteiger partial charge on any atom is -0.373 e. The lowest BCUT2D eigenvalue weighted by Gasteiger charge is -2.31. The van der Waals surface area contributed by atoms with E-state index in [4.69, 9.17) is 0 Å². The number of anilines is 1. The van der Waals surface area contributed by atoms with Gasteiger partial charge in [0.15, 0.2) is 0 Å². The summed E-state index contributed by atoms with van der Waals surface area (Å²) in [4.78, 5) is 16.5. The van der Waals surface area contributed by atoms with Gasteiger partial charge in [-0.3, -0.25) is 4.79 Å². The van der Waals surface area contributed by atoms with Crippen molar-refractivity contribution >= 4 is 11.7 Å². The van der Waals surface area contributed by atoms with Crippen molar-refractivity contribution in [3.8, 4) is 0 Å². The molecule has 0 radical (unpaired) electrons. The highest BCUT2D eigenvalue weighted by atomic mass is 16.1. The van der Waals surface area contributed by atoms with Crippen LogP contribution in [0, 0.1) is 11.3 Å². The Bertz CT molecular complexity index is 479. The van der Waals surface area contributed by atoms with E-state index in [9.17, 15) is 4.79 Å². The van der Waals surface area contributed by atoms with Crippen LogP contribution in [0.25, 0.3) is 0 Å². The summed E-state index contributed by atoms with van der Waals surface area (Å²) in [6.45, 7) is 5.33. The van der Waals surface area contributed by atoms with Crippen LogP contribution in [0.4, 0.5) is 5.82 Å². The average Bonchev–Trinajstić information content (AvgIpc) is 2.93. The zero-order valence-corrected chi connectivity index (χ0v) is 13.4. The molecular formula is C17H27N3O. The quantitative estimate of drug-likeness (QED) is 0.843. The van der Waals surface area contributed by atoms with Crippen molar-refractivity contribution in [2.75, 3.05) is 18.9 Å². The van der Waals surface area contributed by atoms with Crippen molar-refractivity contribution in [1.29, 1.82) is 0 Å². The smallest absolute Gasteiger partial charge is 0.251 e. The third-order valence-corrected chi connectivity index (χ3v) is 4.41. The van der Waals surface area contributed by atoms with Crippen molar-refractivity contribution in [2.45, 2.75) is 46.0 Å². The molecule has 0 atom stereocenters. The van der Waals surface area contributed by atoms with Crippen LogP contribution in [0.3, 0.4) is 0 Å². The molecule has 21 heavy (non-hydrogen) atoms. The Morgan fingerprint density at radius 3 is 2.71 bits per heavy atom. The van der Waals surface area contributed by atoms with E-state index in [1.54, 1.807) is 25.4 Å². The molecule has 1 aromatic rings. The summed E-state index contributed by atoms with van der Waals surface area (Å²) < 4.78 is 0. The Labute approximate surface area is 127 Å². The van der Waals surface area contributed by atoms with Crippen LogP contribution >= 0.6 is 0 Å². The second-order valence-electron chi connectivity index (χ2n) is 6.67. The molecule has 1 aliphatic carbocycles. The molecule has 4 nitrogen and oxygen atoms in total.